The lowest BCUT2D eigenvalue weighted by atomic mass is 10.2. The zero-order valence-corrected chi connectivity index (χ0v) is 14.9. The summed E-state index contributed by atoms with van der Waals surface area (Å²) in [5.41, 5.74) is 3.34. The standard InChI is InChI=1S/C20H20N2O5/c1-2-24-16-7-3-4-8-17(16)25-13-20(23)22-21-11-5-6-15-9-10-18-19(12-15)27-14-26-18/h3-12H,2,13-14H2,1H3,(H,22,23)/b6-5+,21-11-. The topological polar surface area (TPSA) is 78.4 Å². The zero-order valence-electron chi connectivity index (χ0n) is 14.9. The lowest BCUT2D eigenvalue weighted by Crippen LogP contribution is -2.24. The van der Waals surface area contributed by atoms with Gasteiger partial charge in [0.25, 0.3) is 5.91 Å². The average molecular weight is 368 g/mol. The molecular formula is C20H20N2O5. The molecule has 0 bridgehead atoms. The molecule has 0 spiro atoms. The maximum Gasteiger partial charge on any atom is 0.277 e. The Morgan fingerprint density at radius 3 is 2.74 bits per heavy atom. The maximum absolute atomic E-state index is 11.8. The van der Waals surface area contributed by atoms with Crippen LogP contribution in [-0.2, 0) is 4.79 Å². The molecule has 1 aliphatic rings. The molecule has 7 heteroatoms. The summed E-state index contributed by atoms with van der Waals surface area (Å²) in [4.78, 5) is 11.8. The highest BCUT2D eigenvalue weighted by molar-refractivity contribution is 5.82. The number of amides is 1. The number of nitrogens with one attached hydrogen (secondary N) is 1. The van der Waals surface area contributed by atoms with E-state index in [-0.39, 0.29) is 19.3 Å². The van der Waals surface area contributed by atoms with Crippen LogP contribution in [0.1, 0.15) is 12.5 Å². The zero-order chi connectivity index (χ0) is 18.9. The Bertz CT molecular complexity index is 848. The van der Waals surface area contributed by atoms with E-state index in [1.165, 1.54) is 6.21 Å². The van der Waals surface area contributed by atoms with Crippen molar-refractivity contribution < 1.29 is 23.7 Å². The lowest BCUT2D eigenvalue weighted by molar-refractivity contribution is -0.123. The molecule has 1 N–H and O–H groups in total. The summed E-state index contributed by atoms with van der Waals surface area (Å²) < 4.78 is 21.5. The van der Waals surface area contributed by atoms with Crippen molar-refractivity contribution >= 4 is 18.2 Å². The molecule has 0 saturated heterocycles. The molecule has 140 valence electrons. The van der Waals surface area contributed by atoms with Crippen LogP contribution in [0.3, 0.4) is 0 Å². The summed E-state index contributed by atoms with van der Waals surface area (Å²) in [5, 5.41) is 3.85. The largest absolute Gasteiger partial charge is 0.490 e. The third kappa shape index (κ3) is 5.24. The van der Waals surface area contributed by atoms with Gasteiger partial charge in [0.15, 0.2) is 29.6 Å². The van der Waals surface area contributed by atoms with Crippen molar-refractivity contribution in [2.45, 2.75) is 6.92 Å². The Morgan fingerprint density at radius 1 is 1.15 bits per heavy atom. The number of hydrazone groups is 1. The van der Waals surface area contributed by atoms with Crippen LogP contribution in [0.5, 0.6) is 23.0 Å². The van der Waals surface area contributed by atoms with E-state index >= 15 is 0 Å². The highest BCUT2D eigenvalue weighted by Gasteiger charge is 2.12. The summed E-state index contributed by atoms with van der Waals surface area (Å²) in [6.45, 7) is 2.49. The Labute approximate surface area is 157 Å². The van der Waals surface area contributed by atoms with Gasteiger partial charge < -0.3 is 18.9 Å². The molecule has 0 aliphatic carbocycles. The van der Waals surface area contributed by atoms with Crippen molar-refractivity contribution in [1.29, 1.82) is 0 Å². The molecule has 7 nitrogen and oxygen atoms in total. The van der Waals surface area contributed by atoms with Gasteiger partial charge in [-0.2, -0.15) is 5.10 Å². The van der Waals surface area contributed by atoms with Gasteiger partial charge in [-0.15, -0.1) is 0 Å². The van der Waals surface area contributed by atoms with Crippen LogP contribution < -0.4 is 24.4 Å². The number of benzene rings is 2. The minimum absolute atomic E-state index is 0.159. The maximum atomic E-state index is 11.8. The first-order chi connectivity index (χ1) is 13.3. The fourth-order valence-electron chi connectivity index (χ4n) is 2.34. The van der Waals surface area contributed by atoms with E-state index in [1.54, 1.807) is 18.2 Å². The van der Waals surface area contributed by atoms with E-state index < -0.39 is 0 Å². The van der Waals surface area contributed by atoms with Crippen LogP contribution in [0.2, 0.25) is 0 Å². The van der Waals surface area contributed by atoms with Gasteiger partial charge >= 0.3 is 0 Å². The number of ether oxygens (including phenoxy) is 4. The van der Waals surface area contributed by atoms with Crippen LogP contribution in [0.4, 0.5) is 0 Å². The van der Waals surface area contributed by atoms with Gasteiger partial charge in [0.1, 0.15) is 0 Å². The van der Waals surface area contributed by atoms with E-state index in [4.69, 9.17) is 18.9 Å². The van der Waals surface area contributed by atoms with Crippen LogP contribution in [0.15, 0.2) is 53.6 Å². The van der Waals surface area contributed by atoms with E-state index in [0.717, 1.165) is 11.3 Å². The van der Waals surface area contributed by atoms with Gasteiger partial charge in [0, 0.05) is 6.21 Å². The van der Waals surface area contributed by atoms with E-state index in [2.05, 4.69) is 10.5 Å². The van der Waals surface area contributed by atoms with E-state index in [9.17, 15) is 4.79 Å². The SMILES string of the molecule is CCOc1ccccc1OCC(=O)N/N=C\C=C\c1ccc2c(c1)OCO2. The minimum atomic E-state index is -0.367. The molecule has 2 aromatic carbocycles. The Morgan fingerprint density at radius 2 is 1.93 bits per heavy atom. The highest BCUT2D eigenvalue weighted by atomic mass is 16.7. The molecule has 0 aromatic heterocycles. The van der Waals surface area contributed by atoms with Crippen LogP contribution in [-0.4, -0.2) is 32.1 Å². The molecule has 0 saturated carbocycles. The summed E-state index contributed by atoms with van der Waals surface area (Å²) in [5.74, 6) is 2.20. The first kappa shape index (κ1) is 18.3. The van der Waals surface area contributed by atoms with Gasteiger partial charge in [-0.25, -0.2) is 5.43 Å². The lowest BCUT2D eigenvalue weighted by Gasteiger charge is -2.10. The van der Waals surface area contributed by atoms with Crippen LogP contribution >= 0.6 is 0 Å². The number of para-hydroxylation sites is 2. The second-order valence-corrected chi connectivity index (χ2v) is 5.45. The smallest absolute Gasteiger partial charge is 0.277 e. The summed E-state index contributed by atoms with van der Waals surface area (Å²) in [6, 6.07) is 12.8. The molecule has 1 amide bonds. The van der Waals surface area contributed by atoms with Gasteiger partial charge in [0.05, 0.1) is 6.61 Å². The Kier molecular flexibility index (Phi) is 6.30. The van der Waals surface area contributed by atoms with Gasteiger partial charge in [-0.1, -0.05) is 24.3 Å². The highest BCUT2D eigenvalue weighted by Crippen LogP contribution is 2.32. The third-order valence-corrected chi connectivity index (χ3v) is 3.54. The molecule has 3 rings (SSSR count). The number of allylic oxidation sites excluding steroid dienone is 1. The molecule has 0 unspecified atom stereocenters. The van der Waals surface area contributed by atoms with Crippen LogP contribution in [0.25, 0.3) is 6.08 Å². The minimum Gasteiger partial charge on any atom is -0.490 e. The van der Waals surface area contributed by atoms with E-state index in [0.29, 0.717) is 23.9 Å². The molecule has 0 atom stereocenters. The summed E-state index contributed by atoms with van der Waals surface area (Å²) >= 11 is 0. The van der Waals surface area contributed by atoms with Gasteiger partial charge in [0.2, 0.25) is 6.79 Å². The number of fused-ring (bicyclic) bond motifs is 1. The Hall–Kier alpha value is -3.48. The first-order valence-corrected chi connectivity index (χ1v) is 8.49. The molecule has 27 heavy (non-hydrogen) atoms. The predicted molar refractivity (Wildman–Crippen MR) is 101 cm³/mol. The molecule has 2 aromatic rings. The monoisotopic (exact) mass is 368 g/mol. The number of hydrogen-bond acceptors (Lipinski definition) is 6. The number of rotatable bonds is 8. The second-order valence-electron chi connectivity index (χ2n) is 5.45. The van der Waals surface area contributed by atoms with Gasteiger partial charge in [-0.3, -0.25) is 4.79 Å². The van der Waals surface area contributed by atoms with Crippen molar-refractivity contribution in [2.24, 2.45) is 5.10 Å². The van der Waals surface area contributed by atoms with Crippen LogP contribution in [0, 0.1) is 0 Å². The summed E-state index contributed by atoms with van der Waals surface area (Å²) in [6.07, 6.45) is 5.03. The number of nitrogens with zero attached hydrogens (tertiary/aromatic N) is 1. The molecule has 0 fully saturated rings. The normalized spacial score (nSPS) is 12.5. The molecular weight excluding hydrogens is 348 g/mol. The fraction of sp³-hybridized carbons (Fsp3) is 0.200. The number of carbonyl (C=O) groups is 1. The Balaban J connectivity index is 1.44. The number of hydrogen-bond donors (Lipinski definition) is 1. The molecule has 0 radical (unpaired) electrons. The fourth-order valence-corrected chi connectivity index (χ4v) is 2.34. The predicted octanol–water partition coefficient (Wildman–Crippen LogP) is 3.01. The second kappa shape index (κ2) is 9.28. The number of carbonyl (C=O) groups excluding carboxylic acids is 1. The van der Waals surface area contributed by atoms with E-state index in [1.807, 2.05) is 43.3 Å². The summed E-state index contributed by atoms with van der Waals surface area (Å²) in [7, 11) is 0. The molecule has 1 aliphatic heterocycles. The first-order valence-electron chi connectivity index (χ1n) is 8.49. The quantitative estimate of drug-likeness (QED) is 0.572. The van der Waals surface area contributed by atoms with Crippen molar-refractivity contribution in [3.63, 3.8) is 0 Å². The van der Waals surface area contributed by atoms with Crippen molar-refractivity contribution in [2.75, 3.05) is 20.0 Å². The van der Waals surface area contributed by atoms with Crippen molar-refractivity contribution in [3.8, 4) is 23.0 Å². The molecule has 1 heterocycles. The van der Waals surface area contributed by atoms with Gasteiger partial charge in [-0.05, 0) is 42.8 Å². The average Bonchev–Trinajstić information content (AvgIpc) is 3.15. The van der Waals surface area contributed by atoms with Crippen molar-refractivity contribution in [3.05, 3.63) is 54.1 Å². The van der Waals surface area contributed by atoms with Crippen molar-refractivity contribution in [1.82, 2.24) is 5.43 Å². The third-order valence-electron chi connectivity index (χ3n) is 3.54.